The largest absolute Gasteiger partial charge is 0.466 e. The monoisotopic (exact) mass is 207 g/mol. The van der Waals surface area contributed by atoms with E-state index in [1.54, 1.807) is 0 Å². The normalized spacial score (nSPS) is 20.8. The van der Waals surface area contributed by atoms with Gasteiger partial charge in [0.1, 0.15) is 11.5 Å². The van der Waals surface area contributed by atoms with Crippen LogP contribution in [0.15, 0.2) is 10.5 Å². The maximum atomic E-state index is 12.1. The Hall–Kier alpha value is -1.09. The van der Waals surface area contributed by atoms with Crippen LogP contribution >= 0.6 is 0 Å². The van der Waals surface area contributed by atoms with Crippen LogP contribution in [0.3, 0.4) is 0 Å². The Morgan fingerprint density at radius 1 is 1.53 bits per heavy atom. The lowest BCUT2D eigenvalue weighted by atomic mass is 9.86. The second-order valence-corrected chi connectivity index (χ2v) is 4.56. The average Bonchev–Trinajstić information content (AvgIpc) is 2.51. The van der Waals surface area contributed by atoms with Gasteiger partial charge >= 0.3 is 0 Å². The molecule has 1 aromatic heterocycles. The number of carbonyl (C=O) groups is 1. The summed E-state index contributed by atoms with van der Waals surface area (Å²) in [4.78, 5) is 14.1. The van der Waals surface area contributed by atoms with Crippen molar-refractivity contribution in [3.8, 4) is 0 Å². The first-order valence-corrected chi connectivity index (χ1v) is 5.36. The minimum atomic E-state index is 0.143. The van der Waals surface area contributed by atoms with Gasteiger partial charge in [-0.1, -0.05) is 0 Å². The Morgan fingerprint density at radius 2 is 2.27 bits per heavy atom. The van der Waals surface area contributed by atoms with Crippen molar-refractivity contribution in [1.82, 2.24) is 4.90 Å². The van der Waals surface area contributed by atoms with Gasteiger partial charge in [-0.05, 0) is 33.5 Å². The Kier molecular flexibility index (Phi) is 2.65. The zero-order valence-electron chi connectivity index (χ0n) is 9.54. The molecule has 0 bridgehead atoms. The third-order valence-electron chi connectivity index (χ3n) is 2.87. The highest BCUT2D eigenvalue weighted by Gasteiger charge is 2.30. The van der Waals surface area contributed by atoms with Crippen LogP contribution in [-0.2, 0) is 6.42 Å². The summed E-state index contributed by atoms with van der Waals surface area (Å²) in [5.41, 5.74) is 0.811. The second-order valence-electron chi connectivity index (χ2n) is 4.56. The number of furan rings is 1. The molecule has 0 radical (unpaired) electrons. The topological polar surface area (TPSA) is 33.5 Å². The molecular formula is C12H17NO2. The highest BCUT2D eigenvalue weighted by Crippen LogP contribution is 2.28. The number of hydrogen-bond donors (Lipinski definition) is 0. The van der Waals surface area contributed by atoms with Crippen molar-refractivity contribution in [3.05, 3.63) is 23.2 Å². The van der Waals surface area contributed by atoms with E-state index >= 15 is 0 Å². The minimum Gasteiger partial charge on any atom is -0.466 e. The molecule has 1 aliphatic rings. The Balaban J connectivity index is 2.21. The summed E-state index contributed by atoms with van der Waals surface area (Å²) in [6, 6.07) is 1.87. The van der Waals surface area contributed by atoms with Crippen molar-refractivity contribution < 1.29 is 9.21 Å². The molecule has 1 atom stereocenters. The Bertz CT molecular complexity index is 379. The number of hydrogen-bond acceptors (Lipinski definition) is 3. The molecule has 3 nitrogen and oxygen atoms in total. The predicted octanol–water partition coefficient (Wildman–Crippen LogP) is 1.89. The summed E-state index contributed by atoms with van der Waals surface area (Å²) in [6.07, 6.45) is 1.81. The van der Waals surface area contributed by atoms with Crippen molar-refractivity contribution >= 4 is 5.78 Å². The quantitative estimate of drug-likeness (QED) is 0.742. The molecule has 0 amide bonds. The molecule has 0 saturated carbocycles. The molecule has 1 aliphatic carbocycles. The van der Waals surface area contributed by atoms with Crippen molar-refractivity contribution in [2.75, 3.05) is 20.6 Å². The van der Waals surface area contributed by atoms with Gasteiger partial charge in [0.15, 0.2) is 5.78 Å². The molecule has 82 valence electrons. The minimum absolute atomic E-state index is 0.143. The van der Waals surface area contributed by atoms with Crippen molar-refractivity contribution in [2.24, 2.45) is 5.92 Å². The van der Waals surface area contributed by atoms with Gasteiger partial charge < -0.3 is 9.32 Å². The van der Waals surface area contributed by atoms with E-state index in [0.29, 0.717) is 0 Å². The first kappa shape index (κ1) is 10.4. The van der Waals surface area contributed by atoms with E-state index < -0.39 is 0 Å². The maximum absolute atomic E-state index is 12.1. The maximum Gasteiger partial charge on any atom is 0.170 e. The molecule has 15 heavy (non-hydrogen) atoms. The fraction of sp³-hybridized carbons (Fsp3) is 0.583. The van der Waals surface area contributed by atoms with E-state index in [2.05, 4.69) is 4.90 Å². The first-order valence-electron chi connectivity index (χ1n) is 5.36. The molecule has 0 saturated heterocycles. The van der Waals surface area contributed by atoms with Crippen molar-refractivity contribution in [3.63, 3.8) is 0 Å². The number of ketones is 1. The fourth-order valence-electron chi connectivity index (χ4n) is 2.23. The Labute approximate surface area is 90.1 Å². The molecule has 0 unspecified atom stereocenters. The number of rotatable bonds is 2. The van der Waals surface area contributed by atoms with Gasteiger partial charge in [-0.25, -0.2) is 0 Å². The molecule has 0 fully saturated rings. The van der Waals surface area contributed by atoms with Gasteiger partial charge in [-0.15, -0.1) is 0 Å². The van der Waals surface area contributed by atoms with Crippen LogP contribution in [0, 0.1) is 12.8 Å². The third kappa shape index (κ3) is 1.97. The summed E-state index contributed by atoms with van der Waals surface area (Å²) >= 11 is 0. The zero-order chi connectivity index (χ0) is 11.0. The van der Waals surface area contributed by atoms with Crippen LogP contribution < -0.4 is 0 Å². The van der Waals surface area contributed by atoms with E-state index in [4.69, 9.17) is 4.42 Å². The molecule has 1 aromatic rings. The number of carbonyl (C=O) groups excluding carboxylic acids is 1. The summed E-state index contributed by atoms with van der Waals surface area (Å²) in [5.74, 6) is 2.12. The second kappa shape index (κ2) is 3.81. The number of nitrogens with zero attached hydrogens (tertiary/aromatic N) is 1. The van der Waals surface area contributed by atoms with Gasteiger partial charge in [0.25, 0.3) is 0 Å². The van der Waals surface area contributed by atoms with E-state index in [0.717, 1.165) is 36.5 Å². The van der Waals surface area contributed by atoms with E-state index in [9.17, 15) is 4.79 Å². The first-order chi connectivity index (χ1) is 7.08. The predicted molar refractivity (Wildman–Crippen MR) is 58.1 cm³/mol. The molecule has 2 rings (SSSR count). The molecule has 0 aliphatic heterocycles. The van der Waals surface area contributed by atoms with E-state index in [1.807, 2.05) is 27.1 Å². The van der Waals surface area contributed by atoms with Crippen molar-refractivity contribution in [2.45, 2.75) is 19.8 Å². The highest BCUT2D eigenvalue weighted by molar-refractivity contribution is 6.00. The lowest BCUT2D eigenvalue weighted by Gasteiger charge is -2.22. The SMILES string of the molecule is Cc1cc2c(o1)CC[C@H](CN(C)C)C2=O. The lowest BCUT2D eigenvalue weighted by molar-refractivity contribution is 0.0872. The van der Waals surface area contributed by atoms with Gasteiger partial charge in [0.2, 0.25) is 0 Å². The summed E-state index contributed by atoms with van der Waals surface area (Å²) < 4.78 is 5.50. The van der Waals surface area contributed by atoms with E-state index in [1.165, 1.54) is 0 Å². The molecule has 3 heteroatoms. The molecule has 0 spiro atoms. The molecule has 1 heterocycles. The zero-order valence-corrected chi connectivity index (χ0v) is 9.54. The van der Waals surface area contributed by atoms with Crippen LogP contribution in [0.25, 0.3) is 0 Å². The summed E-state index contributed by atoms with van der Waals surface area (Å²) in [5, 5.41) is 0. The average molecular weight is 207 g/mol. The van der Waals surface area contributed by atoms with Gasteiger partial charge in [0.05, 0.1) is 5.56 Å². The number of Topliss-reactive ketones (excluding diaryl/α,β-unsaturated/α-hetero) is 1. The van der Waals surface area contributed by atoms with Crippen LogP contribution in [0.4, 0.5) is 0 Å². The van der Waals surface area contributed by atoms with Gasteiger partial charge in [-0.2, -0.15) is 0 Å². The fourth-order valence-corrected chi connectivity index (χ4v) is 2.23. The van der Waals surface area contributed by atoms with Crippen LogP contribution in [0.5, 0.6) is 0 Å². The number of fused-ring (bicyclic) bond motifs is 1. The van der Waals surface area contributed by atoms with Crippen LogP contribution in [0.1, 0.15) is 28.3 Å². The van der Waals surface area contributed by atoms with Crippen LogP contribution in [0.2, 0.25) is 0 Å². The van der Waals surface area contributed by atoms with Crippen LogP contribution in [-0.4, -0.2) is 31.3 Å². The smallest absolute Gasteiger partial charge is 0.170 e. The lowest BCUT2D eigenvalue weighted by Crippen LogP contribution is -2.31. The molecule has 0 N–H and O–H groups in total. The molecular weight excluding hydrogens is 190 g/mol. The van der Waals surface area contributed by atoms with Gasteiger partial charge in [-0.3, -0.25) is 4.79 Å². The standard InChI is InChI=1S/C12H17NO2/c1-8-6-10-11(15-8)5-4-9(12(10)14)7-13(2)3/h6,9H,4-5,7H2,1-3H3/t9-/m1/s1. The Morgan fingerprint density at radius 3 is 2.93 bits per heavy atom. The van der Waals surface area contributed by atoms with Gasteiger partial charge in [0, 0.05) is 18.9 Å². The summed E-state index contributed by atoms with van der Waals surface area (Å²) in [6.45, 7) is 2.73. The van der Waals surface area contributed by atoms with E-state index in [-0.39, 0.29) is 11.7 Å². The molecule has 0 aromatic carbocycles. The highest BCUT2D eigenvalue weighted by atomic mass is 16.3. The van der Waals surface area contributed by atoms with Crippen molar-refractivity contribution in [1.29, 1.82) is 0 Å². The third-order valence-corrected chi connectivity index (χ3v) is 2.87. The summed E-state index contributed by atoms with van der Waals surface area (Å²) in [7, 11) is 4.01. The number of aryl methyl sites for hydroxylation is 2.